The molecule has 9 heteroatoms. The molecule has 0 fully saturated rings. The highest BCUT2D eigenvalue weighted by Crippen LogP contribution is 2.35. The number of guanidine groups is 1. The van der Waals surface area contributed by atoms with Crippen LogP contribution in [0.4, 0.5) is 5.69 Å². The Labute approximate surface area is 155 Å². The van der Waals surface area contributed by atoms with E-state index in [1.165, 1.54) is 0 Å². The van der Waals surface area contributed by atoms with Gasteiger partial charge in [-0.05, 0) is 6.08 Å². The lowest BCUT2D eigenvalue weighted by Crippen LogP contribution is -2.35. The van der Waals surface area contributed by atoms with Gasteiger partial charge in [-0.1, -0.05) is 35.4 Å². The van der Waals surface area contributed by atoms with Crippen LogP contribution in [0.3, 0.4) is 0 Å². The van der Waals surface area contributed by atoms with E-state index in [2.05, 4.69) is 10.3 Å². The van der Waals surface area contributed by atoms with E-state index in [1.807, 2.05) is 12.2 Å². The number of halogens is 2. The minimum atomic E-state index is 0.214. The van der Waals surface area contributed by atoms with E-state index >= 15 is 0 Å². The van der Waals surface area contributed by atoms with Gasteiger partial charge in [-0.3, -0.25) is 15.1 Å². The Morgan fingerprint density at radius 3 is 2.76 bits per heavy atom. The molecule has 0 atom stereocenters. The molecule has 0 unspecified atom stereocenters. The molecule has 0 saturated heterocycles. The first kappa shape index (κ1) is 17.9. The summed E-state index contributed by atoms with van der Waals surface area (Å²) in [7, 11) is 1.55. The van der Waals surface area contributed by atoms with Gasteiger partial charge in [0, 0.05) is 12.1 Å². The number of nitrogens with zero attached hydrogens (tertiary/aromatic N) is 3. The van der Waals surface area contributed by atoms with Crippen molar-refractivity contribution in [3.8, 4) is 5.75 Å². The molecule has 1 aromatic rings. The maximum Gasteiger partial charge on any atom is 0.223 e. The Morgan fingerprint density at radius 2 is 2.08 bits per heavy atom. The maximum atomic E-state index is 9.79. The van der Waals surface area contributed by atoms with E-state index in [0.717, 1.165) is 5.06 Å². The summed E-state index contributed by atoms with van der Waals surface area (Å²) in [4.78, 5) is 10.1. The number of methoxy groups -OCH3 is 1. The fourth-order valence-corrected chi connectivity index (χ4v) is 2.93. The molecule has 0 amide bonds. The monoisotopic (exact) mass is 384 g/mol. The third-order valence-corrected chi connectivity index (χ3v) is 4.29. The first-order valence-corrected chi connectivity index (χ1v) is 8.41. The van der Waals surface area contributed by atoms with Gasteiger partial charge in [0.2, 0.25) is 5.96 Å². The molecule has 3 rings (SSSR count). The topological polar surface area (TPSA) is 69.6 Å². The zero-order valence-corrected chi connectivity index (χ0v) is 15.1. The zero-order valence-electron chi connectivity index (χ0n) is 13.6. The largest absolute Gasteiger partial charge is 0.497 e. The van der Waals surface area contributed by atoms with Crippen molar-refractivity contribution in [3.63, 3.8) is 0 Å². The molecular formula is C16H18Cl2N4O3. The molecule has 134 valence electrons. The van der Waals surface area contributed by atoms with Gasteiger partial charge >= 0.3 is 0 Å². The summed E-state index contributed by atoms with van der Waals surface area (Å²) in [5.41, 5.74) is 1.19. The van der Waals surface area contributed by atoms with Gasteiger partial charge in [0.25, 0.3) is 0 Å². The molecule has 1 aromatic carbocycles. The SMILES string of the molecule is COc1cc(Cl)c(NC2=NCCN2OCC2=CC=CCN2O)c(Cl)c1. The highest BCUT2D eigenvalue weighted by molar-refractivity contribution is 6.40. The fourth-order valence-electron chi connectivity index (χ4n) is 2.37. The van der Waals surface area contributed by atoms with Crippen LogP contribution >= 0.6 is 23.2 Å². The molecule has 0 bridgehead atoms. The molecule has 2 heterocycles. The van der Waals surface area contributed by atoms with E-state index in [4.69, 9.17) is 32.8 Å². The first-order valence-electron chi connectivity index (χ1n) is 7.65. The molecule has 2 N–H and O–H groups in total. The van der Waals surface area contributed by atoms with Crippen molar-refractivity contribution in [1.29, 1.82) is 0 Å². The zero-order chi connectivity index (χ0) is 17.8. The second-order valence-corrected chi connectivity index (χ2v) is 6.15. The summed E-state index contributed by atoms with van der Waals surface area (Å²) >= 11 is 12.5. The molecule has 0 radical (unpaired) electrons. The number of nitrogens with one attached hydrogen (secondary N) is 1. The van der Waals surface area contributed by atoms with E-state index in [1.54, 1.807) is 30.4 Å². The average Bonchev–Trinajstić information content (AvgIpc) is 3.04. The molecule has 25 heavy (non-hydrogen) atoms. The standard InChI is InChI=1S/C16H18Cl2N4O3/c1-24-12-8-13(17)15(14(18)9-12)20-16-19-5-7-22(16)25-10-11-4-2-3-6-21(11)23/h2-4,8-9,23H,5-7,10H2,1H3,(H,19,20). The van der Waals surface area contributed by atoms with Gasteiger partial charge in [-0.2, -0.15) is 0 Å². The van der Waals surface area contributed by atoms with Crippen LogP contribution < -0.4 is 10.1 Å². The molecule has 7 nitrogen and oxygen atoms in total. The van der Waals surface area contributed by atoms with Crippen LogP contribution in [0.2, 0.25) is 10.0 Å². The number of hydrogen-bond donors (Lipinski definition) is 2. The van der Waals surface area contributed by atoms with Crippen molar-refractivity contribution in [2.24, 2.45) is 4.99 Å². The van der Waals surface area contributed by atoms with Crippen molar-refractivity contribution < 1.29 is 14.8 Å². The number of anilines is 1. The van der Waals surface area contributed by atoms with Crippen molar-refractivity contribution in [1.82, 2.24) is 10.1 Å². The van der Waals surface area contributed by atoms with Crippen LogP contribution in [0, 0.1) is 0 Å². The summed E-state index contributed by atoms with van der Waals surface area (Å²) in [6.45, 7) is 1.81. The number of hydroxylamine groups is 4. The number of benzene rings is 1. The summed E-state index contributed by atoms with van der Waals surface area (Å²) in [6.07, 6.45) is 5.52. The third kappa shape index (κ3) is 4.19. The van der Waals surface area contributed by atoms with Crippen LogP contribution in [0.5, 0.6) is 5.75 Å². The minimum absolute atomic E-state index is 0.214. The average molecular weight is 385 g/mol. The van der Waals surface area contributed by atoms with E-state index in [-0.39, 0.29) is 6.61 Å². The molecular weight excluding hydrogens is 367 g/mol. The second-order valence-electron chi connectivity index (χ2n) is 5.34. The molecule has 0 saturated carbocycles. The van der Waals surface area contributed by atoms with E-state index in [0.29, 0.717) is 52.8 Å². The lowest BCUT2D eigenvalue weighted by Gasteiger charge is -2.25. The first-order chi connectivity index (χ1) is 12.1. The van der Waals surface area contributed by atoms with Crippen LogP contribution in [-0.2, 0) is 4.84 Å². The smallest absolute Gasteiger partial charge is 0.223 e. The number of hydrogen-bond acceptors (Lipinski definition) is 7. The highest BCUT2D eigenvalue weighted by atomic mass is 35.5. The quantitative estimate of drug-likeness (QED) is 0.812. The van der Waals surface area contributed by atoms with Crippen molar-refractivity contribution in [3.05, 3.63) is 46.1 Å². The van der Waals surface area contributed by atoms with Gasteiger partial charge < -0.3 is 10.1 Å². The van der Waals surface area contributed by atoms with Gasteiger partial charge in [0.1, 0.15) is 12.4 Å². The summed E-state index contributed by atoms with van der Waals surface area (Å²) in [5, 5.41) is 16.5. The Balaban J connectivity index is 1.66. The van der Waals surface area contributed by atoms with Gasteiger partial charge in [-0.25, -0.2) is 10.1 Å². The Morgan fingerprint density at radius 1 is 1.32 bits per heavy atom. The normalized spacial score (nSPS) is 16.8. The summed E-state index contributed by atoms with van der Waals surface area (Å²) in [5.74, 6) is 1.08. The number of rotatable bonds is 5. The molecule has 2 aliphatic rings. The Bertz CT molecular complexity index is 713. The maximum absolute atomic E-state index is 9.79. The number of aliphatic imine (C=N–C) groups is 1. The number of ether oxygens (including phenoxy) is 1. The van der Waals surface area contributed by atoms with Crippen molar-refractivity contribution >= 4 is 34.8 Å². The van der Waals surface area contributed by atoms with Crippen molar-refractivity contribution in [2.45, 2.75) is 0 Å². The van der Waals surface area contributed by atoms with Gasteiger partial charge in [0.15, 0.2) is 0 Å². The minimum Gasteiger partial charge on any atom is -0.497 e. The van der Waals surface area contributed by atoms with Crippen LogP contribution in [0.25, 0.3) is 0 Å². The molecule has 0 spiro atoms. The lowest BCUT2D eigenvalue weighted by atomic mass is 10.3. The van der Waals surface area contributed by atoms with Crippen LogP contribution in [0.1, 0.15) is 0 Å². The van der Waals surface area contributed by atoms with Gasteiger partial charge in [0.05, 0.1) is 48.2 Å². The third-order valence-electron chi connectivity index (χ3n) is 3.69. The molecule has 0 aromatic heterocycles. The van der Waals surface area contributed by atoms with E-state index < -0.39 is 0 Å². The Kier molecular flexibility index (Phi) is 5.70. The summed E-state index contributed by atoms with van der Waals surface area (Å²) < 4.78 is 5.14. The van der Waals surface area contributed by atoms with Crippen molar-refractivity contribution in [2.75, 3.05) is 38.7 Å². The predicted molar refractivity (Wildman–Crippen MR) is 97.3 cm³/mol. The fraction of sp³-hybridized carbons (Fsp3) is 0.312. The van der Waals surface area contributed by atoms with Crippen LogP contribution in [0.15, 0.2) is 41.1 Å². The second kappa shape index (κ2) is 7.97. The Hall–Kier alpha value is -1.93. The highest BCUT2D eigenvalue weighted by Gasteiger charge is 2.22. The summed E-state index contributed by atoms with van der Waals surface area (Å²) in [6, 6.07) is 3.33. The van der Waals surface area contributed by atoms with Gasteiger partial charge in [-0.15, -0.1) is 0 Å². The van der Waals surface area contributed by atoms with E-state index in [9.17, 15) is 5.21 Å². The number of allylic oxidation sites excluding steroid dienone is 2. The van der Waals surface area contributed by atoms with Crippen LogP contribution in [-0.4, -0.2) is 54.6 Å². The molecule has 2 aliphatic heterocycles. The predicted octanol–water partition coefficient (Wildman–Crippen LogP) is 3.16. The molecule has 0 aliphatic carbocycles. The lowest BCUT2D eigenvalue weighted by molar-refractivity contribution is -0.114.